The van der Waals surface area contributed by atoms with Gasteiger partial charge in [0.05, 0.1) is 57.2 Å². The molecule has 0 radical (unpaired) electrons. The molecule has 0 aliphatic heterocycles. The highest BCUT2D eigenvalue weighted by atomic mass is 32.2. The van der Waals surface area contributed by atoms with Gasteiger partial charge in [-0.2, -0.15) is 4.98 Å². The minimum atomic E-state index is -1.67. The number of imidazole rings is 1. The first kappa shape index (κ1) is 28.1. The van der Waals surface area contributed by atoms with E-state index in [0.717, 1.165) is 5.52 Å². The molecule has 1 unspecified atom stereocenters. The molecule has 2 aromatic heterocycles. The Bertz CT molecular complexity index is 1700. The molecule has 0 aliphatic rings. The molecule has 11 heteroatoms. The second-order valence-electron chi connectivity index (χ2n) is 8.87. The van der Waals surface area contributed by atoms with Gasteiger partial charge >= 0.3 is 11.1 Å². The van der Waals surface area contributed by atoms with Crippen LogP contribution < -0.4 is 18.9 Å². The first-order chi connectivity index (χ1) is 19.9. The summed E-state index contributed by atoms with van der Waals surface area (Å²) in [6.45, 7) is 1.86. The number of H-pyrrole nitrogens is 1. The molecule has 1 atom stereocenters. The van der Waals surface area contributed by atoms with Gasteiger partial charge in [-0.25, -0.2) is 9.78 Å². The van der Waals surface area contributed by atoms with E-state index in [2.05, 4.69) is 9.97 Å². The topological polar surface area (TPSA) is 128 Å². The summed E-state index contributed by atoms with van der Waals surface area (Å²) in [5, 5.41) is 0.888. The molecule has 1 N–H and O–H groups in total. The second-order valence-corrected chi connectivity index (χ2v) is 10.2. The van der Waals surface area contributed by atoms with Gasteiger partial charge in [-0.3, -0.25) is 4.98 Å². The third kappa shape index (κ3) is 5.33. The molecule has 212 valence electrons. The molecular formula is C30H29N3O7S. The van der Waals surface area contributed by atoms with Crippen molar-refractivity contribution in [2.24, 2.45) is 0 Å². The summed E-state index contributed by atoms with van der Waals surface area (Å²) in [7, 11) is 6.15. The maximum Gasteiger partial charge on any atom is 0.340 e. The Morgan fingerprint density at radius 3 is 2.22 bits per heavy atom. The Morgan fingerprint density at radius 1 is 0.854 bits per heavy atom. The number of rotatable bonds is 10. The SMILES string of the molecule is CCOC(=O)c1c(C[S+]([O-])c2nc3ccccc3[nH]2)nc2cc(OC)c(OC)cc2c1-c1ccc(OC)c(OC)c1. The van der Waals surface area contributed by atoms with Crippen molar-refractivity contribution in [3.8, 4) is 34.1 Å². The Balaban J connectivity index is 1.78. The number of hydrogen-bond donors (Lipinski definition) is 1. The Morgan fingerprint density at radius 2 is 1.54 bits per heavy atom. The van der Waals surface area contributed by atoms with Crippen molar-refractivity contribution >= 4 is 39.1 Å². The molecule has 0 saturated heterocycles. The van der Waals surface area contributed by atoms with Gasteiger partial charge in [-0.05, 0) is 42.8 Å². The molecule has 3 aromatic carbocycles. The van der Waals surface area contributed by atoms with Crippen LogP contribution in [0, 0.1) is 0 Å². The van der Waals surface area contributed by atoms with Crippen LogP contribution in [0.15, 0.2) is 59.8 Å². The molecule has 41 heavy (non-hydrogen) atoms. The van der Waals surface area contributed by atoms with E-state index in [0.29, 0.717) is 50.5 Å². The van der Waals surface area contributed by atoms with Crippen molar-refractivity contribution in [1.82, 2.24) is 15.0 Å². The van der Waals surface area contributed by atoms with Gasteiger partial charge in [0.15, 0.2) is 28.8 Å². The summed E-state index contributed by atoms with van der Waals surface area (Å²) in [4.78, 5) is 26.0. The second kappa shape index (κ2) is 11.9. The van der Waals surface area contributed by atoms with Gasteiger partial charge in [0, 0.05) is 28.2 Å². The molecule has 10 nitrogen and oxygen atoms in total. The summed E-state index contributed by atoms with van der Waals surface area (Å²) in [5.41, 5.74) is 3.59. The molecule has 0 fully saturated rings. The maximum absolute atomic E-state index is 13.7. The number of carbonyl (C=O) groups is 1. The monoisotopic (exact) mass is 575 g/mol. The number of pyridine rings is 1. The number of para-hydroxylation sites is 2. The van der Waals surface area contributed by atoms with Crippen molar-refractivity contribution < 1.29 is 33.0 Å². The van der Waals surface area contributed by atoms with Gasteiger partial charge in [-0.15, -0.1) is 0 Å². The van der Waals surface area contributed by atoms with E-state index in [1.54, 1.807) is 38.3 Å². The van der Waals surface area contributed by atoms with E-state index in [9.17, 15) is 9.35 Å². The fourth-order valence-corrected chi connectivity index (χ4v) is 5.71. The van der Waals surface area contributed by atoms with Gasteiger partial charge in [0.2, 0.25) is 0 Å². The lowest BCUT2D eigenvalue weighted by atomic mass is 9.93. The minimum absolute atomic E-state index is 0.0987. The number of hydrogen-bond acceptors (Lipinski definition) is 9. The molecule has 5 rings (SSSR count). The normalized spacial score (nSPS) is 11.9. The van der Waals surface area contributed by atoms with E-state index < -0.39 is 17.1 Å². The number of ether oxygens (including phenoxy) is 5. The van der Waals surface area contributed by atoms with E-state index >= 15 is 0 Å². The van der Waals surface area contributed by atoms with Crippen molar-refractivity contribution in [3.05, 3.63) is 65.9 Å². The summed E-state index contributed by atoms with van der Waals surface area (Å²) in [6.07, 6.45) is 0. The zero-order chi connectivity index (χ0) is 29.1. The van der Waals surface area contributed by atoms with Crippen LogP contribution in [-0.2, 0) is 21.7 Å². The summed E-state index contributed by atoms with van der Waals surface area (Å²) >= 11 is -1.67. The number of esters is 1. The lowest BCUT2D eigenvalue weighted by molar-refractivity contribution is 0.0526. The van der Waals surface area contributed by atoms with Crippen LogP contribution in [0.3, 0.4) is 0 Å². The molecule has 2 heterocycles. The average Bonchev–Trinajstić information content (AvgIpc) is 3.44. The highest BCUT2D eigenvalue weighted by Crippen LogP contribution is 2.42. The molecule has 0 spiro atoms. The standard InChI is InChI=1S/C30H29N3O7S/c1-6-40-29(34)28-22(16-41(35)30-32-19-9-7-8-10-20(19)33-30)31-21-15-26(39-5)25(38-4)14-18(21)27(28)17-11-12-23(36-2)24(13-17)37-3/h7-15H,6,16H2,1-5H3,(H,32,33). The highest BCUT2D eigenvalue weighted by Gasteiger charge is 2.29. The Kier molecular flexibility index (Phi) is 8.18. The summed E-state index contributed by atoms with van der Waals surface area (Å²) in [5.74, 6) is 1.21. The number of benzene rings is 3. The van der Waals surface area contributed by atoms with Gasteiger partial charge in [0.25, 0.3) is 0 Å². The molecular weight excluding hydrogens is 546 g/mol. The lowest BCUT2D eigenvalue weighted by Crippen LogP contribution is -2.16. The van der Waals surface area contributed by atoms with Crippen LogP contribution >= 0.6 is 0 Å². The quantitative estimate of drug-likeness (QED) is 0.174. The predicted molar refractivity (Wildman–Crippen MR) is 156 cm³/mol. The number of aromatic nitrogens is 3. The number of aromatic amines is 1. The molecule has 0 saturated carbocycles. The fourth-order valence-electron chi connectivity index (χ4n) is 4.69. The number of nitrogens with one attached hydrogen (secondary N) is 1. The number of carbonyl (C=O) groups excluding carboxylic acids is 1. The largest absolute Gasteiger partial charge is 0.609 e. The smallest absolute Gasteiger partial charge is 0.340 e. The number of methoxy groups -OCH3 is 4. The first-order valence-corrected chi connectivity index (χ1v) is 14.0. The van der Waals surface area contributed by atoms with Crippen LogP contribution in [0.5, 0.6) is 23.0 Å². The Hall–Kier alpha value is -4.48. The van der Waals surface area contributed by atoms with E-state index in [1.807, 2.05) is 30.3 Å². The summed E-state index contributed by atoms with van der Waals surface area (Å²) < 4.78 is 41.2. The summed E-state index contributed by atoms with van der Waals surface area (Å²) in [6, 6.07) is 16.2. The van der Waals surface area contributed by atoms with Crippen LogP contribution in [0.25, 0.3) is 33.1 Å². The van der Waals surface area contributed by atoms with Crippen LogP contribution in [-0.4, -0.2) is 60.5 Å². The van der Waals surface area contributed by atoms with Gasteiger partial charge in [0.1, 0.15) is 5.69 Å². The van der Waals surface area contributed by atoms with Gasteiger partial charge < -0.3 is 28.2 Å². The van der Waals surface area contributed by atoms with E-state index in [-0.39, 0.29) is 28.8 Å². The van der Waals surface area contributed by atoms with Crippen LogP contribution in [0.2, 0.25) is 0 Å². The lowest BCUT2D eigenvalue weighted by Gasteiger charge is -2.19. The van der Waals surface area contributed by atoms with Gasteiger partial charge in [-0.1, -0.05) is 18.2 Å². The highest BCUT2D eigenvalue weighted by molar-refractivity contribution is 7.90. The van der Waals surface area contributed by atoms with Crippen LogP contribution in [0.4, 0.5) is 0 Å². The van der Waals surface area contributed by atoms with Crippen LogP contribution in [0.1, 0.15) is 23.0 Å². The third-order valence-corrected chi connectivity index (χ3v) is 7.73. The zero-order valence-corrected chi connectivity index (χ0v) is 24.1. The van der Waals surface area contributed by atoms with Crippen molar-refractivity contribution in [1.29, 1.82) is 0 Å². The fraction of sp³-hybridized carbons (Fsp3) is 0.233. The van der Waals surface area contributed by atoms with E-state index in [4.69, 9.17) is 28.7 Å². The van der Waals surface area contributed by atoms with Crippen molar-refractivity contribution in [2.75, 3.05) is 35.0 Å². The molecule has 0 amide bonds. The Labute approximate surface area is 239 Å². The third-order valence-electron chi connectivity index (χ3n) is 6.57. The zero-order valence-electron chi connectivity index (χ0n) is 23.3. The molecule has 0 bridgehead atoms. The van der Waals surface area contributed by atoms with Crippen molar-refractivity contribution in [3.63, 3.8) is 0 Å². The predicted octanol–water partition coefficient (Wildman–Crippen LogP) is 5.30. The van der Waals surface area contributed by atoms with E-state index in [1.165, 1.54) is 21.3 Å². The number of nitrogens with zero attached hydrogens (tertiary/aromatic N) is 2. The molecule has 0 aliphatic carbocycles. The minimum Gasteiger partial charge on any atom is -0.609 e. The molecule has 5 aromatic rings. The van der Waals surface area contributed by atoms with Crippen molar-refractivity contribution in [2.45, 2.75) is 17.8 Å². The average molecular weight is 576 g/mol. The maximum atomic E-state index is 13.7. The number of fused-ring (bicyclic) bond motifs is 2. The first-order valence-electron chi connectivity index (χ1n) is 12.7.